The van der Waals surface area contributed by atoms with Crippen LogP contribution in [-0.2, 0) is 4.74 Å². The lowest BCUT2D eigenvalue weighted by Crippen LogP contribution is -2.13. The van der Waals surface area contributed by atoms with Gasteiger partial charge in [0.25, 0.3) is 0 Å². The summed E-state index contributed by atoms with van der Waals surface area (Å²) in [7, 11) is 0. The molecule has 0 aliphatic carbocycles. The molecule has 0 aliphatic rings. The summed E-state index contributed by atoms with van der Waals surface area (Å²) >= 11 is 0. The van der Waals surface area contributed by atoms with E-state index in [2.05, 4.69) is 10.3 Å². The molecule has 20 heavy (non-hydrogen) atoms. The molecule has 1 aromatic heterocycles. The Labute approximate surface area is 116 Å². The number of aliphatic hydroxyl groups is 1. The molecule has 0 unspecified atom stereocenters. The first-order chi connectivity index (χ1) is 9.72. The van der Waals surface area contributed by atoms with Gasteiger partial charge in [-0.05, 0) is 12.1 Å². The molecule has 6 nitrogen and oxygen atoms in total. The van der Waals surface area contributed by atoms with Crippen LogP contribution in [0.2, 0.25) is 0 Å². The van der Waals surface area contributed by atoms with Crippen molar-refractivity contribution in [3.8, 4) is 0 Å². The second-order valence-electron chi connectivity index (χ2n) is 4.14. The van der Waals surface area contributed by atoms with Gasteiger partial charge in [-0.2, -0.15) is 0 Å². The van der Waals surface area contributed by atoms with Crippen LogP contribution >= 0.6 is 0 Å². The summed E-state index contributed by atoms with van der Waals surface area (Å²) < 4.78 is 5.11. The van der Waals surface area contributed by atoms with Gasteiger partial charge in [0.05, 0.1) is 30.9 Å². The van der Waals surface area contributed by atoms with Crippen molar-refractivity contribution < 1.29 is 19.7 Å². The number of aromatic nitrogens is 1. The number of carboxylic acid groups (broad SMARTS) is 1. The fraction of sp³-hybridized carbons (Fsp3) is 0.286. The van der Waals surface area contributed by atoms with Crippen LogP contribution in [0.25, 0.3) is 10.9 Å². The highest BCUT2D eigenvalue weighted by Crippen LogP contribution is 2.20. The molecular formula is C14H16N2O4. The van der Waals surface area contributed by atoms with Gasteiger partial charge in [0.2, 0.25) is 0 Å². The van der Waals surface area contributed by atoms with Gasteiger partial charge in [-0.1, -0.05) is 18.2 Å². The number of carbonyl (C=O) groups is 1. The molecule has 106 valence electrons. The topological polar surface area (TPSA) is 91.7 Å². The van der Waals surface area contributed by atoms with E-state index in [0.717, 1.165) is 0 Å². The van der Waals surface area contributed by atoms with Gasteiger partial charge in [-0.3, -0.25) is 0 Å². The number of hydrogen-bond acceptors (Lipinski definition) is 5. The van der Waals surface area contributed by atoms with Crippen LogP contribution in [0, 0.1) is 0 Å². The van der Waals surface area contributed by atoms with Crippen molar-refractivity contribution in [3.63, 3.8) is 0 Å². The van der Waals surface area contributed by atoms with Gasteiger partial charge in [-0.25, -0.2) is 9.78 Å². The standard InChI is InChI=1S/C14H16N2O4/c17-6-8-20-7-5-15-13-9-11(14(18)19)10-3-1-2-4-12(10)16-13/h1-4,9,17H,5-8H2,(H,15,16)(H,18,19). The van der Waals surface area contributed by atoms with Crippen LogP contribution in [-0.4, -0.2) is 47.5 Å². The summed E-state index contributed by atoms with van der Waals surface area (Å²) in [6, 6.07) is 8.62. The molecular weight excluding hydrogens is 260 g/mol. The molecule has 0 fully saturated rings. The minimum Gasteiger partial charge on any atom is -0.478 e. The van der Waals surface area contributed by atoms with E-state index in [1.54, 1.807) is 18.2 Å². The first-order valence-electron chi connectivity index (χ1n) is 6.28. The summed E-state index contributed by atoms with van der Waals surface area (Å²) in [5.74, 6) is -0.489. The lowest BCUT2D eigenvalue weighted by molar-refractivity contribution is 0.0699. The van der Waals surface area contributed by atoms with Gasteiger partial charge in [-0.15, -0.1) is 0 Å². The van der Waals surface area contributed by atoms with E-state index in [4.69, 9.17) is 9.84 Å². The van der Waals surface area contributed by atoms with Crippen LogP contribution in [0.4, 0.5) is 5.82 Å². The fourth-order valence-corrected chi connectivity index (χ4v) is 1.86. The Morgan fingerprint density at radius 1 is 1.30 bits per heavy atom. The lowest BCUT2D eigenvalue weighted by atomic mass is 10.1. The van der Waals surface area contributed by atoms with E-state index in [1.165, 1.54) is 6.07 Å². The monoisotopic (exact) mass is 276 g/mol. The quantitative estimate of drug-likeness (QED) is 0.661. The third-order valence-corrected chi connectivity index (χ3v) is 2.73. The number of carboxylic acids is 1. The number of pyridine rings is 1. The molecule has 0 saturated heterocycles. The zero-order chi connectivity index (χ0) is 14.4. The number of aliphatic hydroxyl groups excluding tert-OH is 1. The van der Waals surface area contributed by atoms with Crippen LogP contribution in [0.15, 0.2) is 30.3 Å². The predicted molar refractivity (Wildman–Crippen MR) is 75.1 cm³/mol. The number of hydrogen-bond donors (Lipinski definition) is 3. The first kappa shape index (κ1) is 14.2. The maximum Gasteiger partial charge on any atom is 0.336 e. The molecule has 1 aromatic carbocycles. The molecule has 2 aromatic rings. The Kier molecular flexibility index (Phi) is 4.86. The number of benzene rings is 1. The largest absolute Gasteiger partial charge is 0.478 e. The minimum atomic E-state index is -0.983. The first-order valence-corrected chi connectivity index (χ1v) is 6.28. The van der Waals surface area contributed by atoms with Crippen molar-refractivity contribution in [2.45, 2.75) is 0 Å². The van der Waals surface area contributed by atoms with E-state index in [0.29, 0.717) is 29.9 Å². The Balaban J connectivity index is 2.15. The second kappa shape index (κ2) is 6.83. The van der Waals surface area contributed by atoms with Gasteiger partial charge in [0.15, 0.2) is 0 Å². The Hall–Kier alpha value is -2.18. The SMILES string of the molecule is O=C(O)c1cc(NCCOCCO)nc2ccccc12. The minimum absolute atomic E-state index is 0.0165. The molecule has 6 heteroatoms. The van der Waals surface area contributed by atoms with Crippen LogP contribution in [0.3, 0.4) is 0 Å². The second-order valence-corrected chi connectivity index (χ2v) is 4.14. The normalized spacial score (nSPS) is 10.7. The average Bonchev–Trinajstić information content (AvgIpc) is 2.46. The molecule has 2 rings (SSSR count). The summed E-state index contributed by atoms with van der Waals surface area (Å²) in [5.41, 5.74) is 0.848. The number of anilines is 1. The molecule has 1 heterocycles. The molecule has 0 bridgehead atoms. The summed E-state index contributed by atoms with van der Waals surface area (Å²) in [6.45, 7) is 1.17. The van der Waals surface area contributed by atoms with E-state index in [1.807, 2.05) is 6.07 Å². The van der Waals surface area contributed by atoms with E-state index in [9.17, 15) is 9.90 Å². The van der Waals surface area contributed by atoms with Crippen LogP contribution in [0.5, 0.6) is 0 Å². The van der Waals surface area contributed by atoms with Crippen molar-refractivity contribution in [2.75, 3.05) is 31.7 Å². The third-order valence-electron chi connectivity index (χ3n) is 2.73. The van der Waals surface area contributed by atoms with E-state index >= 15 is 0 Å². The van der Waals surface area contributed by atoms with Crippen molar-refractivity contribution >= 4 is 22.7 Å². The van der Waals surface area contributed by atoms with Gasteiger partial charge in [0, 0.05) is 11.9 Å². The lowest BCUT2D eigenvalue weighted by Gasteiger charge is -2.09. The van der Waals surface area contributed by atoms with E-state index < -0.39 is 5.97 Å². The molecule has 0 aliphatic heterocycles. The van der Waals surface area contributed by atoms with Crippen molar-refractivity contribution in [3.05, 3.63) is 35.9 Å². The van der Waals surface area contributed by atoms with Crippen molar-refractivity contribution in [1.82, 2.24) is 4.98 Å². The fourth-order valence-electron chi connectivity index (χ4n) is 1.86. The Bertz CT molecular complexity index is 601. The maximum atomic E-state index is 11.3. The number of aromatic carboxylic acids is 1. The Morgan fingerprint density at radius 2 is 2.10 bits per heavy atom. The number of nitrogens with zero attached hydrogens (tertiary/aromatic N) is 1. The Morgan fingerprint density at radius 3 is 2.85 bits per heavy atom. The van der Waals surface area contributed by atoms with Gasteiger partial charge >= 0.3 is 5.97 Å². The highest BCUT2D eigenvalue weighted by Gasteiger charge is 2.11. The zero-order valence-corrected chi connectivity index (χ0v) is 10.9. The summed E-state index contributed by atoms with van der Waals surface area (Å²) in [6.07, 6.45) is 0. The summed E-state index contributed by atoms with van der Waals surface area (Å²) in [5, 5.41) is 21.4. The zero-order valence-electron chi connectivity index (χ0n) is 10.9. The molecule has 0 saturated carbocycles. The highest BCUT2D eigenvalue weighted by atomic mass is 16.5. The highest BCUT2D eigenvalue weighted by molar-refractivity contribution is 6.03. The third kappa shape index (κ3) is 3.43. The van der Waals surface area contributed by atoms with Crippen molar-refractivity contribution in [2.24, 2.45) is 0 Å². The predicted octanol–water partition coefficient (Wildman–Crippen LogP) is 1.35. The molecule has 0 spiro atoms. The number of para-hydroxylation sites is 1. The number of fused-ring (bicyclic) bond motifs is 1. The maximum absolute atomic E-state index is 11.3. The number of nitrogens with one attached hydrogen (secondary N) is 1. The number of rotatable bonds is 7. The van der Waals surface area contributed by atoms with Gasteiger partial charge < -0.3 is 20.3 Å². The van der Waals surface area contributed by atoms with Crippen LogP contribution < -0.4 is 5.32 Å². The smallest absolute Gasteiger partial charge is 0.336 e. The molecule has 0 amide bonds. The molecule has 0 radical (unpaired) electrons. The molecule has 3 N–H and O–H groups in total. The molecule has 0 atom stereocenters. The van der Waals surface area contributed by atoms with E-state index in [-0.39, 0.29) is 18.8 Å². The average molecular weight is 276 g/mol. The van der Waals surface area contributed by atoms with Crippen molar-refractivity contribution in [1.29, 1.82) is 0 Å². The number of ether oxygens (including phenoxy) is 1. The van der Waals surface area contributed by atoms with Crippen LogP contribution in [0.1, 0.15) is 10.4 Å². The van der Waals surface area contributed by atoms with Gasteiger partial charge in [0.1, 0.15) is 5.82 Å². The summed E-state index contributed by atoms with van der Waals surface area (Å²) in [4.78, 5) is 15.6.